The Kier molecular flexibility index (Phi) is 4.95. The summed E-state index contributed by atoms with van der Waals surface area (Å²) in [5.74, 6) is 1.50. The second kappa shape index (κ2) is 6.70. The maximum absolute atomic E-state index is 10.7. The first-order chi connectivity index (χ1) is 9.74. The van der Waals surface area contributed by atoms with Crippen molar-refractivity contribution in [1.82, 2.24) is 0 Å². The smallest absolute Gasteiger partial charge is 0.163 e. The topological polar surface area (TPSA) is 38.8 Å². The number of thioether (sulfide) groups is 1. The molecule has 0 N–H and O–H groups in total. The molecule has 0 aliphatic carbocycles. The monoisotopic (exact) mass is 293 g/mol. The molecule has 1 aliphatic heterocycles. The molecule has 0 saturated carbocycles. The van der Waals surface area contributed by atoms with E-state index >= 15 is 0 Å². The van der Waals surface area contributed by atoms with Crippen LogP contribution in [-0.2, 0) is 4.79 Å². The van der Waals surface area contributed by atoms with Crippen LogP contribution in [0.2, 0.25) is 0 Å². The Morgan fingerprint density at radius 2 is 1.80 bits per heavy atom. The summed E-state index contributed by atoms with van der Waals surface area (Å²) in [6.07, 6.45) is 2.42. The molecule has 1 aromatic rings. The summed E-state index contributed by atoms with van der Waals surface area (Å²) in [6, 6.07) is 3.98. The molecule has 0 unspecified atom stereocenters. The summed E-state index contributed by atoms with van der Waals surface area (Å²) in [5.41, 5.74) is 1.07. The van der Waals surface area contributed by atoms with Crippen molar-refractivity contribution in [2.24, 2.45) is 0 Å². The first-order valence-electron chi connectivity index (χ1n) is 6.79. The standard InChI is InChI=1S/C15H19NO3S/c1-4-16-11-9-12(18-5-2)13(19-6-3)10-14(11)20-15(16)7-8-17/h7-10H,4-6H2,1-3H3/b15-7-. The van der Waals surface area contributed by atoms with Crippen LogP contribution < -0.4 is 14.4 Å². The number of rotatable bonds is 6. The lowest BCUT2D eigenvalue weighted by Crippen LogP contribution is -2.16. The van der Waals surface area contributed by atoms with E-state index in [1.807, 2.05) is 26.0 Å². The number of anilines is 1. The highest BCUT2D eigenvalue weighted by Crippen LogP contribution is 2.50. The molecule has 108 valence electrons. The summed E-state index contributed by atoms with van der Waals surface area (Å²) in [7, 11) is 0. The molecule has 20 heavy (non-hydrogen) atoms. The van der Waals surface area contributed by atoms with Crippen LogP contribution in [0.25, 0.3) is 0 Å². The van der Waals surface area contributed by atoms with Crippen LogP contribution >= 0.6 is 11.8 Å². The first kappa shape index (κ1) is 14.8. The Morgan fingerprint density at radius 1 is 1.15 bits per heavy atom. The van der Waals surface area contributed by atoms with Gasteiger partial charge in [-0.25, -0.2) is 0 Å². The minimum Gasteiger partial charge on any atom is -0.490 e. The largest absolute Gasteiger partial charge is 0.490 e. The van der Waals surface area contributed by atoms with E-state index in [0.717, 1.165) is 39.9 Å². The lowest BCUT2D eigenvalue weighted by molar-refractivity contribution is -0.104. The van der Waals surface area contributed by atoms with Gasteiger partial charge in [-0.15, -0.1) is 0 Å². The fourth-order valence-corrected chi connectivity index (χ4v) is 3.28. The van der Waals surface area contributed by atoms with Gasteiger partial charge in [0.2, 0.25) is 0 Å². The van der Waals surface area contributed by atoms with Crippen LogP contribution in [0, 0.1) is 0 Å². The highest BCUT2D eigenvalue weighted by molar-refractivity contribution is 8.03. The molecule has 0 spiro atoms. The van der Waals surface area contributed by atoms with Crippen LogP contribution in [0.1, 0.15) is 20.8 Å². The quantitative estimate of drug-likeness (QED) is 0.593. The van der Waals surface area contributed by atoms with Gasteiger partial charge < -0.3 is 14.4 Å². The van der Waals surface area contributed by atoms with E-state index in [0.29, 0.717) is 13.2 Å². The van der Waals surface area contributed by atoms with Crippen molar-refractivity contribution in [3.05, 3.63) is 23.2 Å². The molecule has 4 nitrogen and oxygen atoms in total. The third-order valence-electron chi connectivity index (χ3n) is 2.92. The average Bonchev–Trinajstić information content (AvgIpc) is 2.76. The van der Waals surface area contributed by atoms with E-state index < -0.39 is 0 Å². The van der Waals surface area contributed by atoms with Gasteiger partial charge in [-0.05, 0) is 20.8 Å². The molecular formula is C15H19NO3S. The molecule has 5 heteroatoms. The van der Waals surface area contributed by atoms with E-state index in [4.69, 9.17) is 9.47 Å². The average molecular weight is 293 g/mol. The molecule has 0 amide bonds. The lowest BCUT2D eigenvalue weighted by Gasteiger charge is -2.19. The Morgan fingerprint density at radius 3 is 2.35 bits per heavy atom. The number of hydrogen-bond acceptors (Lipinski definition) is 5. The van der Waals surface area contributed by atoms with Crippen LogP contribution in [0.5, 0.6) is 11.5 Å². The van der Waals surface area contributed by atoms with Gasteiger partial charge in [-0.3, -0.25) is 4.79 Å². The molecule has 0 bridgehead atoms. The highest BCUT2D eigenvalue weighted by atomic mass is 32.2. The van der Waals surface area contributed by atoms with Crippen molar-refractivity contribution in [3.63, 3.8) is 0 Å². The molecule has 0 aromatic heterocycles. The summed E-state index contributed by atoms with van der Waals surface area (Å²) in [5, 5.41) is 0.939. The summed E-state index contributed by atoms with van der Waals surface area (Å²) in [4.78, 5) is 13.9. The number of allylic oxidation sites excluding steroid dienone is 1. The van der Waals surface area contributed by atoms with Crippen molar-refractivity contribution in [2.75, 3.05) is 24.7 Å². The summed E-state index contributed by atoms with van der Waals surface area (Å²) < 4.78 is 11.3. The zero-order valence-corrected chi connectivity index (χ0v) is 12.8. The predicted octanol–water partition coefficient (Wildman–Crippen LogP) is 3.46. The molecule has 1 aliphatic rings. The number of nitrogens with zero attached hydrogens (tertiary/aromatic N) is 1. The number of benzene rings is 1. The number of ether oxygens (including phenoxy) is 2. The first-order valence-corrected chi connectivity index (χ1v) is 7.61. The third-order valence-corrected chi connectivity index (χ3v) is 4.04. The minimum absolute atomic E-state index is 0.592. The van der Waals surface area contributed by atoms with Gasteiger partial charge in [0, 0.05) is 29.6 Å². The second-order valence-electron chi connectivity index (χ2n) is 4.12. The molecular weight excluding hydrogens is 274 g/mol. The maximum Gasteiger partial charge on any atom is 0.163 e. The molecule has 0 saturated heterocycles. The van der Waals surface area contributed by atoms with Crippen LogP contribution in [0.15, 0.2) is 28.1 Å². The fraction of sp³-hybridized carbons (Fsp3) is 0.400. The molecule has 1 heterocycles. The Balaban J connectivity index is 2.45. The number of hydrogen-bond donors (Lipinski definition) is 0. The number of carbonyl (C=O) groups excluding carboxylic acids is 1. The Labute approximate surface area is 123 Å². The van der Waals surface area contributed by atoms with E-state index in [1.54, 1.807) is 17.8 Å². The van der Waals surface area contributed by atoms with Gasteiger partial charge in [0.05, 0.1) is 23.9 Å². The van der Waals surface area contributed by atoms with Crippen LogP contribution in [0.3, 0.4) is 0 Å². The molecule has 1 aromatic carbocycles. The van der Waals surface area contributed by atoms with Crippen molar-refractivity contribution in [2.45, 2.75) is 25.7 Å². The van der Waals surface area contributed by atoms with Crippen LogP contribution in [0.4, 0.5) is 5.69 Å². The van der Waals surface area contributed by atoms with E-state index in [2.05, 4.69) is 11.8 Å². The van der Waals surface area contributed by atoms with Gasteiger partial charge in [-0.2, -0.15) is 0 Å². The normalized spacial score (nSPS) is 15.3. The van der Waals surface area contributed by atoms with Crippen molar-refractivity contribution in [3.8, 4) is 11.5 Å². The van der Waals surface area contributed by atoms with Gasteiger partial charge >= 0.3 is 0 Å². The van der Waals surface area contributed by atoms with Gasteiger partial charge in [0.25, 0.3) is 0 Å². The maximum atomic E-state index is 10.7. The number of fused-ring (bicyclic) bond motifs is 1. The molecule has 0 radical (unpaired) electrons. The van der Waals surface area contributed by atoms with Crippen molar-refractivity contribution >= 4 is 23.7 Å². The number of carbonyl (C=O) groups is 1. The summed E-state index contributed by atoms with van der Waals surface area (Å²) in [6.45, 7) is 7.96. The van der Waals surface area contributed by atoms with E-state index in [9.17, 15) is 4.79 Å². The van der Waals surface area contributed by atoms with Gasteiger partial charge in [0.15, 0.2) is 11.5 Å². The fourth-order valence-electron chi connectivity index (χ4n) is 2.15. The number of aldehydes is 1. The van der Waals surface area contributed by atoms with Crippen molar-refractivity contribution < 1.29 is 14.3 Å². The second-order valence-corrected chi connectivity index (χ2v) is 5.18. The molecule has 2 rings (SSSR count). The SMILES string of the molecule is CCOc1cc2c(cc1OCC)N(CC)/C(=C/C=O)S2. The third kappa shape index (κ3) is 2.77. The summed E-state index contributed by atoms with van der Waals surface area (Å²) >= 11 is 1.58. The Bertz CT molecular complexity index is 528. The van der Waals surface area contributed by atoms with Crippen LogP contribution in [-0.4, -0.2) is 26.0 Å². The Hall–Kier alpha value is -1.62. The molecule has 0 atom stereocenters. The predicted molar refractivity (Wildman–Crippen MR) is 81.8 cm³/mol. The zero-order chi connectivity index (χ0) is 14.5. The lowest BCUT2D eigenvalue weighted by atomic mass is 10.2. The minimum atomic E-state index is 0.592. The van der Waals surface area contributed by atoms with E-state index in [-0.39, 0.29) is 0 Å². The van der Waals surface area contributed by atoms with Gasteiger partial charge in [0.1, 0.15) is 6.29 Å². The van der Waals surface area contributed by atoms with E-state index in [1.165, 1.54) is 0 Å². The van der Waals surface area contributed by atoms with Gasteiger partial charge in [-0.1, -0.05) is 11.8 Å². The zero-order valence-electron chi connectivity index (χ0n) is 12.0. The highest BCUT2D eigenvalue weighted by Gasteiger charge is 2.26. The van der Waals surface area contributed by atoms with Crippen molar-refractivity contribution in [1.29, 1.82) is 0 Å². The molecule has 0 fully saturated rings.